The van der Waals surface area contributed by atoms with Crippen molar-refractivity contribution in [2.24, 2.45) is 11.7 Å². The second-order valence-electron chi connectivity index (χ2n) is 5.46. The van der Waals surface area contributed by atoms with Crippen molar-refractivity contribution >= 4 is 11.8 Å². The molecule has 17 heavy (non-hydrogen) atoms. The van der Waals surface area contributed by atoms with Gasteiger partial charge in [-0.1, -0.05) is 13.8 Å². The van der Waals surface area contributed by atoms with E-state index in [4.69, 9.17) is 5.73 Å². The third-order valence-corrected chi connectivity index (χ3v) is 2.01. The van der Waals surface area contributed by atoms with Crippen molar-refractivity contribution in [3.63, 3.8) is 0 Å². The lowest BCUT2D eigenvalue weighted by Crippen LogP contribution is -2.45. The smallest absolute Gasteiger partial charge is 0.221 e. The zero-order valence-electron chi connectivity index (χ0n) is 11.3. The number of nitrogens with one attached hydrogen (secondary N) is 2. The summed E-state index contributed by atoms with van der Waals surface area (Å²) in [5.74, 6) is 0.238. The van der Waals surface area contributed by atoms with Gasteiger partial charge in [-0.15, -0.1) is 0 Å². The highest BCUT2D eigenvalue weighted by Crippen LogP contribution is 1.98. The minimum atomic E-state index is -0.406. The molecule has 0 unspecified atom stereocenters. The summed E-state index contributed by atoms with van der Waals surface area (Å²) in [5, 5.41) is 5.43. The van der Waals surface area contributed by atoms with Crippen molar-refractivity contribution in [1.82, 2.24) is 10.6 Å². The molecule has 0 aromatic carbocycles. The first-order valence-corrected chi connectivity index (χ1v) is 6.03. The quantitative estimate of drug-likeness (QED) is 0.605. The SMILES string of the molecule is CC(C)CC(=O)NCCC(=O)NCC(C)(C)N. The number of rotatable bonds is 7. The third-order valence-electron chi connectivity index (χ3n) is 2.01. The summed E-state index contributed by atoms with van der Waals surface area (Å²) >= 11 is 0. The molecule has 2 amide bonds. The summed E-state index contributed by atoms with van der Waals surface area (Å²) in [4.78, 5) is 22.7. The van der Waals surface area contributed by atoms with E-state index in [0.29, 0.717) is 31.8 Å². The van der Waals surface area contributed by atoms with Crippen LogP contribution in [0.2, 0.25) is 0 Å². The summed E-state index contributed by atoms with van der Waals surface area (Å²) in [6, 6.07) is 0. The Morgan fingerprint density at radius 3 is 2.24 bits per heavy atom. The Hall–Kier alpha value is -1.10. The van der Waals surface area contributed by atoms with Crippen molar-refractivity contribution in [2.45, 2.75) is 46.1 Å². The lowest BCUT2D eigenvalue weighted by atomic mass is 10.1. The molecule has 0 saturated carbocycles. The van der Waals surface area contributed by atoms with Gasteiger partial charge in [0.2, 0.25) is 11.8 Å². The lowest BCUT2D eigenvalue weighted by Gasteiger charge is -2.18. The van der Waals surface area contributed by atoms with Crippen LogP contribution in [0.15, 0.2) is 0 Å². The van der Waals surface area contributed by atoms with Gasteiger partial charge in [0.1, 0.15) is 0 Å². The van der Waals surface area contributed by atoms with Crippen molar-refractivity contribution in [3.8, 4) is 0 Å². The van der Waals surface area contributed by atoms with Crippen molar-refractivity contribution < 1.29 is 9.59 Å². The van der Waals surface area contributed by atoms with E-state index in [9.17, 15) is 9.59 Å². The Morgan fingerprint density at radius 1 is 1.18 bits per heavy atom. The van der Waals surface area contributed by atoms with Crippen molar-refractivity contribution in [3.05, 3.63) is 0 Å². The minimum Gasteiger partial charge on any atom is -0.356 e. The van der Waals surface area contributed by atoms with Gasteiger partial charge in [-0.3, -0.25) is 9.59 Å². The van der Waals surface area contributed by atoms with Gasteiger partial charge >= 0.3 is 0 Å². The highest BCUT2D eigenvalue weighted by atomic mass is 16.2. The fourth-order valence-corrected chi connectivity index (χ4v) is 1.17. The maximum Gasteiger partial charge on any atom is 0.221 e. The average molecular weight is 243 g/mol. The number of amides is 2. The molecular weight excluding hydrogens is 218 g/mol. The molecule has 0 spiro atoms. The van der Waals surface area contributed by atoms with Crippen LogP contribution in [0.1, 0.15) is 40.5 Å². The molecule has 5 heteroatoms. The Labute approximate surface area is 104 Å². The van der Waals surface area contributed by atoms with Crippen LogP contribution in [-0.4, -0.2) is 30.4 Å². The molecule has 0 saturated heterocycles. The number of hydrogen-bond acceptors (Lipinski definition) is 3. The maximum atomic E-state index is 11.4. The standard InChI is InChI=1S/C12H25N3O2/c1-9(2)7-11(17)14-6-5-10(16)15-8-12(3,4)13/h9H,5-8,13H2,1-4H3,(H,14,17)(H,15,16). The van der Waals surface area contributed by atoms with Gasteiger partial charge < -0.3 is 16.4 Å². The van der Waals surface area contributed by atoms with Gasteiger partial charge in [-0.25, -0.2) is 0 Å². The molecule has 0 rings (SSSR count). The first-order valence-electron chi connectivity index (χ1n) is 6.03. The highest BCUT2D eigenvalue weighted by molar-refractivity contribution is 5.79. The second kappa shape index (κ2) is 7.27. The van der Waals surface area contributed by atoms with Crippen LogP contribution in [0.3, 0.4) is 0 Å². The number of carbonyl (C=O) groups excluding carboxylic acids is 2. The van der Waals surface area contributed by atoms with Crippen LogP contribution < -0.4 is 16.4 Å². The van der Waals surface area contributed by atoms with Gasteiger partial charge in [-0.2, -0.15) is 0 Å². The van der Waals surface area contributed by atoms with E-state index in [1.54, 1.807) is 0 Å². The van der Waals surface area contributed by atoms with E-state index < -0.39 is 5.54 Å². The normalized spacial score (nSPS) is 11.4. The molecule has 0 aromatic heterocycles. The van der Waals surface area contributed by atoms with Gasteiger partial charge in [-0.05, 0) is 19.8 Å². The summed E-state index contributed by atoms with van der Waals surface area (Å²) in [7, 11) is 0. The van der Waals surface area contributed by atoms with Gasteiger partial charge in [0.25, 0.3) is 0 Å². The minimum absolute atomic E-state index is 0.00745. The molecule has 0 bridgehead atoms. The molecule has 0 aliphatic rings. The second-order valence-corrected chi connectivity index (χ2v) is 5.46. The predicted octanol–water partition coefficient (Wildman–Crippen LogP) is 0.392. The Morgan fingerprint density at radius 2 is 1.76 bits per heavy atom. The Bertz CT molecular complexity index is 257. The molecule has 0 aliphatic carbocycles. The van der Waals surface area contributed by atoms with Crippen LogP contribution in [0, 0.1) is 5.92 Å². The van der Waals surface area contributed by atoms with Crippen LogP contribution in [0.5, 0.6) is 0 Å². The monoisotopic (exact) mass is 243 g/mol. The van der Waals surface area contributed by atoms with Gasteiger partial charge in [0.05, 0.1) is 0 Å². The molecule has 0 aromatic rings. The molecule has 0 aliphatic heterocycles. The molecule has 0 radical (unpaired) electrons. The third kappa shape index (κ3) is 11.2. The number of carbonyl (C=O) groups is 2. The van der Waals surface area contributed by atoms with E-state index in [1.165, 1.54) is 0 Å². The van der Waals surface area contributed by atoms with Gasteiger partial charge in [0.15, 0.2) is 0 Å². The van der Waals surface area contributed by atoms with Crippen molar-refractivity contribution in [1.29, 1.82) is 0 Å². The molecule has 100 valence electrons. The summed E-state index contributed by atoms with van der Waals surface area (Å²) in [5.41, 5.74) is 5.32. The zero-order chi connectivity index (χ0) is 13.5. The molecule has 4 N–H and O–H groups in total. The predicted molar refractivity (Wildman–Crippen MR) is 68.4 cm³/mol. The number of nitrogens with two attached hydrogens (primary N) is 1. The first-order chi connectivity index (χ1) is 7.70. The van der Waals surface area contributed by atoms with E-state index in [-0.39, 0.29) is 11.8 Å². The van der Waals surface area contributed by atoms with E-state index >= 15 is 0 Å². The maximum absolute atomic E-state index is 11.4. The van der Waals surface area contributed by atoms with E-state index in [0.717, 1.165) is 0 Å². The van der Waals surface area contributed by atoms with E-state index in [1.807, 2.05) is 27.7 Å². The Balaban J connectivity index is 3.61. The summed E-state index contributed by atoms with van der Waals surface area (Å²) < 4.78 is 0. The Kier molecular flexibility index (Phi) is 6.80. The number of hydrogen-bond donors (Lipinski definition) is 3. The molecule has 0 atom stereocenters. The largest absolute Gasteiger partial charge is 0.356 e. The molecule has 0 heterocycles. The fraction of sp³-hybridized carbons (Fsp3) is 0.833. The average Bonchev–Trinajstić information content (AvgIpc) is 2.12. The fourth-order valence-electron chi connectivity index (χ4n) is 1.17. The highest BCUT2D eigenvalue weighted by Gasteiger charge is 2.12. The molecule has 0 fully saturated rings. The van der Waals surface area contributed by atoms with Crippen LogP contribution in [0.25, 0.3) is 0 Å². The van der Waals surface area contributed by atoms with Crippen LogP contribution in [0.4, 0.5) is 0 Å². The molecule has 5 nitrogen and oxygen atoms in total. The lowest BCUT2D eigenvalue weighted by molar-refractivity contribution is -0.122. The molecular formula is C12H25N3O2. The summed E-state index contributed by atoms with van der Waals surface area (Å²) in [6.07, 6.45) is 0.789. The zero-order valence-corrected chi connectivity index (χ0v) is 11.3. The first kappa shape index (κ1) is 15.9. The van der Waals surface area contributed by atoms with Crippen LogP contribution >= 0.6 is 0 Å². The van der Waals surface area contributed by atoms with Gasteiger partial charge in [0, 0.05) is 31.5 Å². The summed E-state index contributed by atoms with van der Waals surface area (Å²) in [6.45, 7) is 8.47. The van der Waals surface area contributed by atoms with E-state index in [2.05, 4.69) is 10.6 Å². The van der Waals surface area contributed by atoms with Crippen molar-refractivity contribution in [2.75, 3.05) is 13.1 Å². The van der Waals surface area contributed by atoms with Crippen LogP contribution in [-0.2, 0) is 9.59 Å². The topological polar surface area (TPSA) is 84.2 Å².